The topological polar surface area (TPSA) is 18.5 Å². The van der Waals surface area contributed by atoms with Gasteiger partial charge in [-0.15, -0.1) is 0 Å². The summed E-state index contributed by atoms with van der Waals surface area (Å²) in [6, 6.07) is 1.69. The predicted octanol–water partition coefficient (Wildman–Crippen LogP) is 5.96. The molecule has 25 heavy (non-hydrogen) atoms. The van der Waals surface area contributed by atoms with Gasteiger partial charge in [0.15, 0.2) is 0 Å². The van der Waals surface area contributed by atoms with Gasteiger partial charge >= 0.3 is 13.3 Å². The number of rotatable bonds is 3. The van der Waals surface area contributed by atoms with E-state index in [1.165, 1.54) is 0 Å². The van der Waals surface area contributed by atoms with E-state index in [0.717, 1.165) is 12.1 Å². The molecule has 0 bridgehead atoms. The normalized spacial score (nSPS) is 20.2. The number of benzene rings is 1. The van der Waals surface area contributed by atoms with E-state index < -0.39 is 30.1 Å². The minimum Gasteiger partial charge on any atom is -0.400 e. The first kappa shape index (κ1) is 21.0. The maximum absolute atomic E-state index is 12.8. The van der Waals surface area contributed by atoms with E-state index in [-0.39, 0.29) is 21.4 Å². The Bertz CT molecular complexity index is 666. The van der Waals surface area contributed by atoms with Crippen LogP contribution in [0.1, 0.15) is 38.8 Å². The molecule has 1 aromatic rings. The van der Waals surface area contributed by atoms with Gasteiger partial charge in [-0.1, -0.05) is 29.3 Å². The molecule has 0 saturated carbocycles. The van der Waals surface area contributed by atoms with E-state index in [1.807, 2.05) is 27.7 Å². The van der Waals surface area contributed by atoms with Crippen molar-refractivity contribution in [1.82, 2.24) is 0 Å². The van der Waals surface area contributed by atoms with E-state index in [0.29, 0.717) is 5.47 Å². The van der Waals surface area contributed by atoms with Crippen LogP contribution in [0.5, 0.6) is 0 Å². The van der Waals surface area contributed by atoms with Crippen molar-refractivity contribution in [3.63, 3.8) is 0 Å². The largest absolute Gasteiger partial charge is 0.491 e. The van der Waals surface area contributed by atoms with Gasteiger partial charge in [0.2, 0.25) is 0 Å². The molecule has 0 aliphatic carbocycles. The SMILES string of the molecule is CC1(C)OB(C(=Cc2c(Cl)cc(C(F)(F)F)cc2Cl)CS)OC1(C)C. The lowest BCUT2D eigenvalue weighted by Crippen LogP contribution is -2.41. The van der Waals surface area contributed by atoms with Crippen LogP contribution in [0, 0.1) is 0 Å². The third kappa shape index (κ3) is 4.33. The van der Waals surface area contributed by atoms with Crippen LogP contribution in [-0.2, 0) is 15.5 Å². The second-order valence-electron chi connectivity index (χ2n) is 6.82. The first-order valence-corrected chi connectivity index (χ1v) is 8.90. The fourth-order valence-electron chi connectivity index (χ4n) is 2.25. The van der Waals surface area contributed by atoms with Crippen molar-refractivity contribution >= 4 is 49.0 Å². The third-order valence-electron chi connectivity index (χ3n) is 4.47. The number of hydrogen-bond donors (Lipinski definition) is 1. The summed E-state index contributed by atoms with van der Waals surface area (Å²) in [7, 11) is -0.683. The predicted molar refractivity (Wildman–Crippen MR) is 99.4 cm³/mol. The lowest BCUT2D eigenvalue weighted by atomic mass is 9.78. The molecular formula is C16H18BCl2F3O2S. The van der Waals surface area contributed by atoms with E-state index in [1.54, 1.807) is 6.08 Å². The highest BCUT2D eigenvalue weighted by Gasteiger charge is 2.52. The van der Waals surface area contributed by atoms with E-state index in [2.05, 4.69) is 12.6 Å². The highest BCUT2D eigenvalue weighted by atomic mass is 35.5. The Balaban J connectivity index is 2.42. The standard InChI is InChI=1S/C16H18BCl2F3O2S/c1-14(2)15(3,4)24-17(23-14)10(8-25)7-11-12(18)5-9(6-13(11)19)16(20,21)22/h5-7,25H,8H2,1-4H3. The summed E-state index contributed by atoms with van der Waals surface area (Å²) >= 11 is 16.3. The molecule has 1 aromatic carbocycles. The van der Waals surface area contributed by atoms with E-state index in [9.17, 15) is 13.2 Å². The molecule has 1 fully saturated rings. The summed E-state index contributed by atoms with van der Waals surface area (Å²) in [5, 5.41) is -0.203. The van der Waals surface area contributed by atoms with Gasteiger partial charge < -0.3 is 9.31 Å². The highest BCUT2D eigenvalue weighted by molar-refractivity contribution is 7.80. The molecule has 0 unspecified atom stereocenters. The van der Waals surface area contributed by atoms with Gasteiger partial charge in [0.25, 0.3) is 0 Å². The van der Waals surface area contributed by atoms with Crippen LogP contribution in [0.3, 0.4) is 0 Å². The van der Waals surface area contributed by atoms with Gasteiger partial charge in [-0.05, 0) is 45.3 Å². The zero-order chi connectivity index (χ0) is 19.2. The molecule has 1 aliphatic heterocycles. The summed E-state index contributed by atoms with van der Waals surface area (Å²) in [4.78, 5) is 0. The Hall–Kier alpha value is -0.335. The number of thiol groups is 1. The quantitative estimate of drug-likeness (QED) is 0.487. The van der Waals surface area contributed by atoms with E-state index in [4.69, 9.17) is 32.5 Å². The summed E-state index contributed by atoms with van der Waals surface area (Å²) in [5.41, 5.74) is -1.11. The van der Waals surface area contributed by atoms with Crippen molar-refractivity contribution in [2.45, 2.75) is 45.1 Å². The minimum absolute atomic E-state index is 0.101. The third-order valence-corrected chi connectivity index (χ3v) is 5.47. The Kier molecular flexibility index (Phi) is 5.87. The van der Waals surface area contributed by atoms with Gasteiger partial charge in [-0.2, -0.15) is 25.8 Å². The maximum Gasteiger partial charge on any atom is 0.491 e. The monoisotopic (exact) mass is 412 g/mol. The molecular weight excluding hydrogens is 395 g/mol. The van der Waals surface area contributed by atoms with Crippen LogP contribution in [-0.4, -0.2) is 24.1 Å². The van der Waals surface area contributed by atoms with E-state index >= 15 is 0 Å². The van der Waals surface area contributed by atoms with Gasteiger partial charge in [0.1, 0.15) is 0 Å². The summed E-state index contributed by atoms with van der Waals surface area (Å²) < 4.78 is 50.4. The van der Waals surface area contributed by atoms with Crippen LogP contribution < -0.4 is 0 Å². The molecule has 1 saturated heterocycles. The second kappa shape index (κ2) is 7.00. The van der Waals surface area contributed by atoms with Crippen molar-refractivity contribution in [3.8, 4) is 0 Å². The molecule has 0 spiro atoms. The molecule has 0 aromatic heterocycles. The molecule has 2 rings (SSSR count). The lowest BCUT2D eigenvalue weighted by molar-refractivity contribution is -0.137. The molecule has 9 heteroatoms. The maximum atomic E-state index is 12.8. The summed E-state index contributed by atoms with van der Waals surface area (Å²) in [5.74, 6) is 0.268. The zero-order valence-electron chi connectivity index (χ0n) is 14.2. The van der Waals surface area contributed by atoms with Gasteiger partial charge in [-0.25, -0.2) is 0 Å². The average molecular weight is 413 g/mol. The van der Waals surface area contributed by atoms with Crippen molar-refractivity contribution < 1.29 is 22.5 Å². The number of halogens is 5. The fourth-order valence-corrected chi connectivity index (χ4v) is 3.09. The molecule has 2 nitrogen and oxygen atoms in total. The van der Waals surface area contributed by atoms with Crippen LogP contribution in [0.4, 0.5) is 13.2 Å². The number of hydrogen-bond acceptors (Lipinski definition) is 3. The average Bonchev–Trinajstić information content (AvgIpc) is 2.65. The Labute approximate surface area is 161 Å². The number of alkyl halides is 3. The van der Waals surface area contributed by atoms with Gasteiger partial charge in [-0.3, -0.25) is 0 Å². The van der Waals surface area contributed by atoms with Gasteiger partial charge in [0.05, 0.1) is 16.8 Å². The van der Waals surface area contributed by atoms with Crippen LogP contribution in [0.2, 0.25) is 10.0 Å². The lowest BCUT2D eigenvalue weighted by Gasteiger charge is -2.32. The van der Waals surface area contributed by atoms with Gasteiger partial charge in [0, 0.05) is 21.4 Å². The van der Waals surface area contributed by atoms with Crippen molar-refractivity contribution in [2.24, 2.45) is 0 Å². The first-order valence-electron chi connectivity index (χ1n) is 7.52. The molecule has 1 aliphatic rings. The van der Waals surface area contributed by atoms with Crippen LogP contribution in [0.25, 0.3) is 6.08 Å². The van der Waals surface area contributed by atoms with Crippen LogP contribution >= 0.6 is 35.8 Å². The van der Waals surface area contributed by atoms with Crippen molar-refractivity contribution in [3.05, 3.63) is 38.8 Å². The molecule has 1 heterocycles. The first-order chi connectivity index (χ1) is 11.3. The highest BCUT2D eigenvalue weighted by Crippen LogP contribution is 2.40. The Morgan fingerprint density at radius 1 is 1.12 bits per heavy atom. The Morgan fingerprint density at radius 3 is 1.92 bits per heavy atom. The molecule has 0 N–H and O–H groups in total. The summed E-state index contributed by atoms with van der Waals surface area (Å²) in [6.07, 6.45) is -2.95. The molecule has 0 amide bonds. The minimum atomic E-state index is -4.52. The second-order valence-corrected chi connectivity index (χ2v) is 7.95. The smallest absolute Gasteiger partial charge is 0.400 e. The molecule has 0 atom stereocenters. The van der Waals surface area contributed by atoms with Crippen LogP contribution in [0.15, 0.2) is 17.6 Å². The Morgan fingerprint density at radius 2 is 1.56 bits per heavy atom. The van der Waals surface area contributed by atoms with Crippen molar-refractivity contribution in [2.75, 3.05) is 5.75 Å². The molecule has 138 valence electrons. The fraction of sp³-hybridized carbons (Fsp3) is 0.500. The van der Waals surface area contributed by atoms with Crippen molar-refractivity contribution in [1.29, 1.82) is 0 Å². The molecule has 0 radical (unpaired) electrons. The zero-order valence-corrected chi connectivity index (χ0v) is 16.6. The summed E-state index contributed by atoms with van der Waals surface area (Å²) in [6.45, 7) is 7.62.